The summed E-state index contributed by atoms with van der Waals surface area (Å²) in [5, 5.41) is 18.8. The Bertz CT molecular complexity index is 141. The van der Waals surface area contributed by atoms with Crippen LogP contribution in [-0.4, -0.2) is 22.4 Å². The zero-order chi connectivity index (χ0) is 13.6. The summed E-state index contributed by atoms with van der Waals surface area (Å²) in [4.78, 5) is 0. The first-order valence-electron chi connectivity index (χ1n) is 8.06. The van der Waals surface area contributed by atoms with E-state index in [-0.39, 0.29) is 12.2 Å². The standard InChI is InChI=1S/C16H34O2/c1-3-15(17)13-11-9-7-5-6-8-10-12-14-16(18)4-2/h15-18H,3-14H2,1-2H3. The van der Waals surface area contributed by atoms with Gasteiger partial charge in [-0.3, -0.25) is 0 Å². The van der Waals surface area contributed by atoms with E-state index in [2.05, 4.69) is 0 Å². The average molecular weight is 258 g/mol. The highest BCUT2D eigenvalue weighted by atomic mass is 16.3. The van der Waals surface area contributed by atoms with Crippen molar-refractivity contribution in [2.24, 2.45) is 0 Å². The van der Waals surface area contributed by atoms with E-state index >= 15 is 0 Å². The third-order valence-electron chi connectivity index (χ3n) is 3.77. The Labute approximate surface area is 114 Å². The van der Waals surface area contributed by atoms with Crippen LogP contribution < -0.4 is 0 Å². The fraction of sp³-hybridized carbons (Fsp3) is 1.00. The molecule has 2 N–H and O–H groups in total. The Morgan fingerprint density at radius 3 is 1.11 bits per heavy atom. The molecule has 2 atom stereocenters. The van der Waals surface area contributed by atoms with Crippen LogP contribution in [0.25, 0.3) is 0 Å². The molecule has 0 saturated carbocycles. The predicted octanol–water partition coefficient (Wildman–Crippen LogP) is 4.43. The minimum atomic E-state index is -0.0741. The van der Waals surface area contributed by atoms with Gasteiger partial charge < -0.3 is 10.2 Å². The number of hydrogen-bond acceptors (Lipinski definition) is 2. The highest BCUT2D eigenvalue weighted by Crippen LogP contribution is 2.13. The van der Waals surface area contributed by atoms with E-state index in [4.69, 9.17) is 0 Å². The summed E-state index contributed by atoms with van der Waals surface area (Å²) in [6.45, 7) is 4.08. The highest BCUT2D eigenvalue weighted by molar-refractivity contribution is 4.55. The molecule has 0 amide bonds. The van der Waals surface area contributed by atoms with E-state index in [1.807, 2.05) is 13.8 Å². The zero-order valence-corrected chi connectivity index (χ0v) is 12.5. The fourth-order valence-electron chi connectivity index (χ4n) is 2.23. The van der Waals surface area contributed by atoms with Crippen molar-refractivity contribution in [2.45, 2.75) is 103 Å². The van der Waals surface area contributed by atoms with Gasteiger partial charge >= 0.3 is 0 Å². The average Bonchev–Trinajstić information content (AvgIpc) is 2.40. The van der Waals surface area contributed by atoms with Crippen LogP contribution in [-0.2, 0) is 0 Å². The van der Waals surface area contributed by atoms with Crippen LogP contribution >= 0.6 is 0 Å². The second-order valence-corrected chi connectivity index (χ2v) is 5.53. The van der Waals surface area contributed by atoms with Crippen molar-refractivity contribution in [3.63, 3.8) is 0 Å². The molecule has 0 aromatic heterocycles. The van der Waals surface area contributed by atoms with Crippen molar-refractivity contribution >= 4 is 0 Å². The smallest absolute Gasteiger partial charge is 0.0537 e. The minimum absolute atomic E-state index is 0.0741. The molecule has 0 bridgehead atoms. The molecule has 18 heavy (non-hydrogen) atoms. The Hall–Kier alpha value is -0.0800. The summed E-state index contributed by atoms with van der Waals surface area (Å²) >= 11 is 0. The molecule has 0 saturated heterocycles. The van der Waals surface area contributed by atoms with E-state index in [9.17, 15) is 10.2 Å². The van der Waals surface area contributed by atoms with Gasteiger partial charge in [0.25, 0.3) is 0 Å². The number of aliphatic hydroxyl groups excluding tert-OH is 2. The third-order valence-corrected chi connectivity index (χ3v) is 3.77. The minimum Gasteiger partial charge on any atom is -0.393 e. The lowest BCUT2D eigenvalue weighted by Crippen LogP contribution is -2.03. The first-order valence-corrected chi connectivity index (χ1v) is 8.06. The molecule has 0 spiro atoms. The third kappa shape index (κ3) is 12.4. The largest absolute Gasteiger partial charge is 0.393 e. The molecule has 0 aliphatic carbocycles. The number of hydrogen-bond donors (Lipinski definition) is 2. The molecule has 0 aromatic carbocycles. The molecule has 2 nitrogen and oxygen atoms in total. The van der Waals surface area contributed by atoms with Crippen molar-refractivity contribution < 1.29 is 10.2 Å². The van der Waals surface area contributed by atoms with Crippen LogP contribution in [0.4, 0.5) is 0 Å². The van der Waals surface area contributed by atoms with Gasteiger partial charge in [-0.15, -0.1) is 0 Å². The van der Waals surface area contributed by atoms with Crippen LogP contribution in [0.15, 0.2) is 0 Å². The van der Waals surface area contributed by atoms with Crippen molar-refractivity contribution in [2.75, 3.05) is 0 Å². The van der Waals surface area contributed by atoms with Gasteiger partial charge in [0.15, 0.2) is 0 Å². The fourth-order valence-corrected chi connectivity index (χ4v) is 2.23. The number of aliphatic hydroxyl groups is 2. The lowest BCUT2D eigenvalue weighted by molar-refractivity contribution is 0.155. The topological polar surface area (TPSA) is 40.5 Å². The van der Waals surface area contributed by atoms with Gasteiger partial charge in [0.1, 0.15) is 0 Å². The summed E-state index contributed by atoms with van der Waals surface area (Å²) in [6.07, 6.45) is 13.8. The van der Waals surface area contributed by atoms with E-state index in [1.165, 1.54) is 51.4 Å². The van der Waals surface area contributed by atoms with Crippen molar-refractivity contribution in [3.8, 4) is 0 Å². The quantitative estimate of drug-likeness (QED) is 0.480. The van der Waals surface area contributed by atoms with E-state index < -0.39 is 0 Å². The van der Waals surface area contributed by atoms with E-state index in [0.29, 0.717) is 0 Å². The molecule has 2 unspecified atom stereocenters. The zero-order valence-electron chi connectivity index (χ0n) is 12.5. The first kappa shape index (κ1) is 17.9. The monoisotopic (exact) mass is 258 g/mol. The van der Waals surface area contributed by atoms with Gasteiger partial charge in [-0.2, -0.15) is 0 Å². The van der Waals surface area contributed by atoms with Crippen LogP contribution in [0.3, 0.4) is 0 Å². The van der Waals surface area contributed by atoms with Gasteiger partial charge in [0.05, 0.1) is 12.2 Å². The Balaban J connectivity index is 3.03. The molecule has 110 valence electrons. The normalized spacial score (nSPS) is 14.7. The maximum absolute atomic E-state index is 9.40. The highest BCUT2D eigenvalue weighted by Gasteiger charge is 2.01. The second kappa shape index (κ2) is 13.4. The van der Waals surface area contributed by atoms with Crippen molar-refractivity contribution in [1.29, 1.82) is 0 Å². The molecular weight excluding hydrogens is 224 g/mol. The molecule has 0 aromatic rings. The molecule has 0 rings (SSSR count). The second-order valence-electron chi connectivity index (χ2n) is 5.53. The van der Waals surface area contributed by atoms with Crippen LogP contribution in [0.2, 0.25) is 0 Å². The van der Waals surface area contributed by atoms with Gasteiger partial charge in [-0.25, -0.2) is 0 Å². The Kier molecular flexibility index (Phi) is 13.3. The lowest BCUT2D eigenvalue weighted by Gasteiger charge is -2.07. The summed E-state index contributed by atoms with van der Waals surface area (Å²) in [5.41, 5.74) is 0. The van der Waals surface area contributed by atoms with Crippen LogP contribution in [0, 0.1) is 0 Å². The van der Waals surface area contributed by atoms with E-state index in [0.717, 1.165) is 25.7 Å². The number of unbranched alkanes of at least 4 members (excludes halogenated alkanes) is 7. The van der Waals surface area contributed by atoms with Gasteiger partial charge in [-0.1, -0.05) is 65.2 Å². The summed E-state index contributed by atoms with van der Waals surface area (Å²) in [7, 11) is 0. The molecule has 0 radical (unpaired) electrons. The Morgan fingerprint density at radius 2 is 0.833 bits per heavy atom. The SMILES string of the molecule is CCC(O)CCCCCCCCCCC(O)CC. The molecule has 0 heterocycles. The predicted molar refractivity (Wildman–Crippen MR) is 78.8 cm³/mol. The molecule has 0 aliphatic rings. The summed E-state index contributed by atoms with van der Waals surface area (Å²) in [5.74, 6) is 0. The maximum Gasteiger partial charge on any atom is 0.0537 e. The van der Waals surface area contributed by atoms with Gasteiger partial charge in [0, 0.05) is 0 Å². The maximum atomic E-state index is 9.40. The van der Waals surface area contributed by atoms with Crippen molar-refractivity contribution in [3.05, 3.63) is 0 Å². The lowest BCUT2D eigenvalue weighted by atomic mass is 10.0. The summed E-state index contributed by atoms with van der Waals surface area (Å²) in [6, 6.07) is 0. The first-order chi connectivity index (χ1) is 8.70. The molecule has 2 heteroatoms. The molecule has 0 aliphatic heterocycles. The molecule has 0 fully saturated rings. The summed E-state index contributed by atoms with van der Waals surface area (Å²) < 4.78 is 0. The number of rotatable bonds is 13. The van der Waals surface area contributed by atoms with Crippen molar-refractivity contribution in [1.82, 2.24) is 0 Å². The van der Waals surface area contributed by atoms with Crippen LogP contribution in [0.5, 0.6) is 0 Å². The van der Waals surface area contributed by atoms with E-state index in [1.54, 1.807) is 0 Å². The van der Waals surface area contributed by atoms with Gasteiger partial charge in [-0.05, 0) is 25.7 Å². The van der Waals surface area contributed by atoms with Crippen LogP contribution in [0.1, 0.15) is 90.9 Å². The van der Waals surface area contributed by atoms with Gasteiger partial charge in [0.2, 0.25) is 0 Å². The molecular formula is C16H34O2. The Morgan fingerprint density at radius 1 is 0.556 bits per heavy atom.